The Bertz CT molecular complexity index is 587. The van der Waals surface area contributed by atoms with Crippen LogP contribution < -0.4 is 20.7 Å². The molecule has 154 valence electrons. The van der Waals surface area contributed by atoms with E-state index in [1.807, 2.05) is 27.7 Å². The molecule has 0 aliphatic rings. The number of nitrogens with zero attached hydrogens (tertiary/aromatic N) is 1. The molecule has 1 amide bonds. The third-order valence-electron chi connectivity index (χ3n) is 3.65. The fourth-order valence-corrected chi connectivity index (χ4v) is 2.11. The van der Waals surface area contributed by atoms with Crippen LogP contribution in [0.3, 0.4) is 0 Å². The summed E-state index contributed by atoms with van der Waals surface area (Å²) in [5, 5.41) is 9.19. The highest BCUT2D eigenvalue weighted by molar-refractivity contribution is 14.0. The molecule has 1 rings (SSSR count). The van der Waals surface area contributed by atoms with Gasteiger partial charge in [0.1, 0.15) is 17.7 Å². The number of amides is 1. The van der Waals surface area contributed by atoms with E-state index in [9.17, 15) is 9.18 Å². The van der Waals surface area contributed by atoms with Gasteiger partial charge in [0.25, 0.3) is 0 Å². The lowest BCUT2D eigenvalue weighted by molar-refractivity contribution is -0.121. The van der Waals surface area contributed by atoms with Crippen molar-refractivity contribution < 1.29 is 13.9 Å². The van der Waals surface area contributed by atoms with Crippen LogP contribution in [0.5, 0.6) is 5.75 Å². The lowest BCUT2D eigenvalue weighted by Crippen LogP contribution is -2.40. The van der Waals surface area contributed by atoms with Crippen molar-refractivity contribution in [2.75, 3.05) is 19.6 Å². The van der Waals surface area contributed by atoms with E-state index in [4.69, 9.17) is 4.74 Å². The van der Waals surface area contributed by atoms with Crippen LogP contribution in [0.2, 0.25) is 0 Å². The molecule has 0 aliphatic carbocycles. The fourth-order valence-electron chi connectivity index (χ4n) is 2.11. The van der Waals surface area contributed by atoms with Gasteiger partial charge in [-0.3, -0.25) is 4.79 Å². The van der Waals surface area contributed by atoms with E-state index in [2.05, 4.69) is 20.9 Å². The molecule has 1 aromatic rings. The molecule has 0 aromatic heterocycles. The van der Waals surface area contributed by atoms with Crippen LogP contribution >= 0.6 is 24.0 Å². The van der Waals surface area contributed by atoms with Gasteiger partial charge in [-0.1, -0.05) is 13.0 Å². The molecule has 6 nitrogen and oxygen atoms in total. The molecule has 0 aliphatic heterocycles. The molecule has 2 atom stereocenters. The first kappa shape index (κ1) is 25.4. The Morgan fingerprint density at radius 2 is 2.00 bits per heavy atom. The van der Waals surface area contributed by atoms with Crippen LogP contribution in [0.1, 0.15) is 40.5 Å². The summed E-state index contributed by atoms with van der Waals surface area (Å²) >= 11 is 0. The van der Waals surface area contributed by atoms with Gasteiger partial charge in [0.2, 0.25) is 5.91 Å². The Morgan fingerprint density at radius 3 is 2.63 bits per heavy atom. The van der Waals surface area contributed by atoms with Crippen LogP contribution in [-0.4, -0.2) is 43.6 Å². The van der Waals surface area contributed by atoms with Crippen molar-refractivity contribution in [1.29, 1.82) is 0 Å². The maximum Gasteiger partial charge on any atom is 0.221 e. The molecule has 3 N–H and O–H groups in total. The quantitative estimate of drug-likeness (QED) is 0.266. The Hall–Kier alpha value is -1.58. The van der Waals surface area contributed by atoms with Crippen molar-refractivity contribution in [2.24, 2.45) is 4.99 Å². The lowest BCUT2D eigenvalue weighted by atomic mass is 10.2. The molecule has 0 fully saturated rings. The van der Waals surface area contributed by atoms with Crippen molar-refractivity contribution in [3.63, 3.8) is 0 Å². The predicted octanol–water partition coefficient (Wildman–Crippen LogP) is 3.07. The average molecular weight is 494 g/mol. The fraction of sp³-hybridized carbons (Fsp3) is 0.579. The summed E-state index contributed by atoms with van der Waals surface area (Å²) in [7, 11) is 0. The molecule has 0 heterocycles. The Morgan fingerprint density at radius 1 is 1.26 bits per heavy atom. The van der Waals surface area contributed by atoms with Gasteiger partial charge in [-0.15, -0.1) is 24.0 Å². The van der Waals surface area contributed by atoms with Crippen molar-refractivity contribution in [3.05, 3.63) is 30.1 Å². The summed E-state index contributed by atoms with van der Waals surface area (Å²) in [5.74, 6) is 0.792. The summed E-state index contributed by atoms with van der Waals surface area (Å²) in [6.07, 6.45) is 1.08. The summed E-state index contributed by atoms with van der Waals surface area (Å²) in [4.78, 5) is 16.2. The van der Waals surface area contributed by atoms with Gasteiger partial charge in [0.15, 0.2) is 5.96 Å². The van der Waals surface area contributed by atoms with E-state index < -0.39 is 0 Å². The smallest absolute Gasteiger partial charge is 0.221 e. The van der Waals surface area contributed by atoms with Gasteiger partial charge in [-0.2, -0.15) is 0 Å². The first-order valence-electron chi connectivity index (χ1n) is 9.18. The molecule has 0 saturated carbocycles. The number of nitrogens with one attached hydrogen (secondary N) is 3. The van der Waals surface area contributed by atoms with Gasteiger partial charge in [0, 0.05) is 31.6 Å². The number of aliphatic imine (C=N–C) groups is 1. The van der Waals surface area contributed by atoms with E-state index in [0.717, 1.165) is 6.42 Å². The van der Waals surface area contributed by atoms with Gasteiger partial charge in [0.05, 0.1) is 6.54 Å². The minimum absolute atomic E-state index is 0. The van der Waals surface area contributed by atoms with E-state index in [0.29, 0.717) is 37.8 Å². The van der Waals surface area contributed by atoms with E-state index in [1.165, 1.54) is 12.1 Å². The van der Waals surface area contributed by atoms with Gasteiger partial charge in [-0.05, 0) is 39.3 Å². The second-order valence-electron chi connectivity index (χ2n) is 6.16. The normalized spacial score (nSPS) is 13.1. The zero-order valence-corrected chi connectivity index (χ0v) is 18.9. The molecule has 0 saturated heterocycles. The second-order valence-corrected chi connectivity index (χ2v) is 6.16. The molecule has 0 spiro atoms. The SMILES string of the molecule is CCNC(=NCC(C)Oc1cccc(F)c1)NCCC(=O)NC(C)CC.I. The van der Waals surface area contributed by atoms with Crippen molar-refractivity contribution >= 4 is 35.8 Å². The van der Waals surface area contributed by atoms with E-state index >= 15 is 0 Å². The highest BCUT2D eigenvalue weighted by Gasteiger charge is 2.07. The monoisotopic (exact) mass is 494 g/mol. The molecule has 8 heteroatoms. The molecule has 27 heavy (non-hydrogen) atoms. The largest absolute Gasteiger partial charge is 0.489 e. The third-order valence-corrected chi connectivity index (χ3v) is 3.65. The predicted molar refractivity (Wildman–Crippen MR) is 118 cm³/mol. The van der Waals surface area contributed by atoms with Crippen LogP contribution in [-0.2, 0) is 4.79 Å². The molecular formula is C19H32FIN4O2. The minimum atomic E-state index is -0.330. The topological polar surface area (TPSA) is 74.8 Å². The summed E-state index contributed by atoms with van der Waals surface area (Å²) in [6, 6.07) is 6.23. The molecule has 0 radical (unpaired) electrons. The highest BCUT2D eigenvalue weighted by Crippen LogP contribution is 2.13. The number of halogens is 2. The number of carbonyl (C=O) groups excluding carboxylic acids is 1. The van der Waals surface area contributed by atoms with Crippen LogP contribution in [0.25, 0.3) is 0 Å². The van der Waals surface area contributed by atoms with Gasteiger partial charge >= 0.3 is 0 Å². The first-order chi connectivity index (χ1) is 12.4. The summed E-state index contributed by atoms with van der Waals surface area (Å²) < 4.78 is 18.8. The number of hydrogen-bond acceptors (Lipinski definition) is 3. The van der Waals surface area contributed by atoms with E-state index in [-0.39, 0.29) is 47.8 Å². The minimum Gasteiger partial charge on any atom is -0.489 e. The Kier molecular flexibility index (Phi) is 13.6. The number of hydrogen-bond donors (Lipinski definition) is 3. The number of ether oxygens (including phenoxy) is 1. The average Bonchev–Trinajstić information content (AvgIpc) is 2.59. The number of benzene rings is 1. The van der Waals surface area contributed by atoms with E-state index in [1.54, 1.807) is 12.1 Å². The maximum atomic E-state index is 13.2. The zero-order chi connectivity index (χ0) is 19.4. The summed E-state index contributed by atoms with van der Waals surface area (Å²) in [5.41, 5.74) is 0. The number of carbonyl (C=O) groups is 1. The molecular weight excluding hydrogens is 462 g/mol. The van der Waals surface area contributed by atoms with Crippen molar-refractivity contribution in [1.82, 2.24) is 16.0 Å². The molecule has 2 unspecified atom stereocenters. The maximum absolute atomic E-state index is 13.2. The lowest BCUT2D eigenvalue weighted by Gasteiger charge is -2.16. The summed E-state index contributed by atoms with van der Waals surface area (Å²) in [6.45, 7) is 9.47. The van der Waals surface area contributed by atoms with Crippen LogP contribution in [0, 0.1) is 5.82 Å². The molecule has 1 aromatic carbocycles. The number of guanidine groups is 1. The second kappa shape index (κ2) is 14.5. The van der Waals surface area contributed by atoms with Crippen LogP contribution in [0.15, 0.2) is 29.3 Å². The van der Waals surface area contributed by atoms with Crippen molar-refractivity contribution in [3.8, 4) is 5.75 Å². The Balaban J connectivity index is 0.00000676. The number of rotatable bonds is 10. The first-order valence-corrected chi connectivity index (χ1v) is 9.18. The van der Waals surface area contributed by atoms with Gasteiger partial charge in [-0.25, -0.2) is 9.38 Å². The third kappa shape index (κ3) is 11.7. The Labute approximate surface area is 178 Å². The van der Waals surface area contributed by atoms with Gasteiger partial charge < -0.3 is 20.7 Å². The molecule has 0 bridgehead atoms. The zero-order valence-electron chi connectivity index (χ0n) is 16.5. The highest BCUT2D eigenvalue weighted by atomic mass is 127. The standard InChI is InChI=1S/C19H31FN4O2.HI/c1-5-14(3)24-18(25)10-11-22-19(21-6-2)23-13-15(4)26-17-9-7-8-16(20)12-17;/h7-9,12,14-15H,5-6,10-11,13H2,1-4H3,(H,24,25)(H2,21,22,23);1H. The van der Waals surface area contributed by atoms with Crippen LogP contribution in [0.4, 0.5) is 4.39 Å². The van der Waals surface area contributed by atoms with Crippen molar-refractivity contribution in [2.45, 2.75) is 52.7 Å².